The Kier molecular flexibility index (Phi) is 3.30. The van der Waals surface area contributed by atoms with E-state index in [-0.39, 0.29) is 11.4 Å². The van der Waals surface area contributed by atoms with Gasteiger partial charge in [0, 0.05) is 36.2 Å². The lowest BCUT2D eigenvalue weighted by molar-refractivity contribution is -0.114. The number of amides is 1. The molecule has 1 aromatic heterocycles. The predicted molar refractivity (Wildman–Crippen MR) is 76.0 cm³/mol. The highest BCUT2D eigenvalue weighted by molar-refractivity contribution is 8.14. The van der Waals surface area contributed by atoms with Gasteiger partial charge in [-0.25, -0.2) is 4.98 Å². The van der Waals surface area contributed by atoms with Gasteiger partial charge in [0.15, 0.2) is 0 Å². The van der Waals surface area contributed by atoms with Gasteiger partial charge in [0.05, 0.1) is 5.54 Å². The lowest BCUT2D eigenvalue weighted by Crippen LogP contribution is -2.15. The normalized spacial score (nSPS) is 17.4. The van der Waals surface area contributed by atoms with Crippen LogP contribution >= 0.6 is 11.8 Å². The van der Waals surface area contributed by atoms with Crippen LogP contribution in [0.15, 0.2) is 17.3 Å². The van der Waals surface area contributed by atoms with Gasteiger partial charge < -0.3 is 11.1 Å². The number of thioether (sulfide) groups is 1. The second-order valence-corrected chi connectivity index (χ2v) is 5.82. The quantitative estimate of drug-likeness (QED) is 0.854. The molecular weight excluding hydrogens is 248 g/mol. The molecule has 3 N–H and O–H groups in total. The molecule has 0 spiro atoms. The van der Waals surface area contributed by atoms with E-state index in [2.05, 4.69) is 29.1 Å². The number of carbonyl (C=O) groups excluding carboxylic acids is 1. The van der Waals surface area contributed by atoms with Crippen molar-refractivity contribution in [2.45, 2.75) is 26.3 Å². The first-order chi connectivity index (χ1) is 8.37. The van der Waals surface area contributed by atoms with E-state index >= 15 is 0 Å². The third-order valence-corrected chi connectivity index (χ3v) is 3.87. The van der Waals surface area contributed by atoms with Crippen LogP contribution in [0.1, 0.15) is 26.3 Å². The molecule has 2 rings (SSSR count). The number of nitrogens with zero attached hydrogens (tertiary/aromatic N) is 2. The van der Waals surface area contributed by atoms with Crippen molar-refractivity contribution in [2.24, 2.45) is 4.99 Å². The topological polar surface area (TPSA) is 80.4 Å². The van der Waals surface area contributed by atoms with Crippen LogP contribution in [0.5, 0.6) is 0 Å². The number of hydrogen-bond donors (Lipinski definition) is 2. The molecule has 1 amide bonds. The van der Waals surface area contributed by atoms with Crippen LogP contribution in [0.4, 0.5) is 11.5 Å². The minimum atomic E-state index is -0.164. The van der Waals surface area contributed by atoms with E-state index in [0.717, 1.165) is 16.4 Å². The smallest absolute Gasteiger partial charge is 0.222 e. The van der Waals surface area contributed by atoms with Crippen LogP contribution in [-0.2, 0) is 4.79 Å². The van der Waals surface area contributed by atoms with Crippen LogP contribution in [0.2, 0.25) is 0 Å². The molecular formula is C12H16N4OS. The molecule has 2 heterocycles. The summed E-state index contributed by atoms with van der Waals surface area (Å²) >= 11 is 1.68. The number of carbonyl (C=O) groups is 1. The first-order valence-electron chi connectivity index (χ1n) is 5.63. The van der Waals surface area contributed by atoms with Crippen LogP contribution in [0, 0.1) is 0 Å². The Hall–Kier alpha value is -1.56. The molecule has 0 bridgehead atoms. The van der Waals surface area contributed by atoms with Crippen LogP contribution in [0.25, 0.3) is 0 Å². The van der Waals surface area contributed by atoms with Crippen molar-refractivity contribution in [1.82, 2.24) is 4.98 Å². The maximum Gasteiger partial charge on any atom is 0.222 e. The maximum absolute atomic E-state index is 10.9. The first-order valence-corrected chi connectivity index (χ1v) is 6.62. The Morgan fingerprint density at radius 3 is 2.78 bits per heavy atom. The SMILES string of the molecule is CC(=O)Nc1cc(N)c(C2=NC(C)(C)CS2)cn1. The summed E-state index contributed by atoms with van der Waals surface area (Å²) in [5.74, 6) is 1.24. The van der Waals surface area contributed by atoms with Gasteiger partial charge >= 0.3 is 0 Å². The van der Waals surface area contributed by atoms with Crippen molar-refractivity contribution in [3.8, 4) is 0 Å². The fourth-order valence-electron chi connectivity index (χ4n) is 1.62. The number of rotatable bonds is 2. The van der Waals surface area contributed by atoms with E-state index in [1.54, 1.807) is 24.0 Å². The Morgan fingerprint density at radius 1 is 1.56 bits per heavy atom. The Labute approximate surface area is 110 Å². The fourth-order valence-corrected chi connectivity index (χ4v) is 2.81. The molecule has 1 aromatic rings. The summed E-state index contributed by atoms with van der Waals surface area (Å²) < 4.78 is 0. The molecule has 0 fully saturated rings. The van der Waals surface area contributed by atoms with E-state index in [1.165, 1.54) is 6.92 Å². The van der Waals surface area contributed by atoms with E-state index < -0.39 is 0 Å². The van der Waals surface area contributed by atoms with Gasteiger partial charge in [-0.05, 0) is 13.8 Å². The summed E-state index contributed by atoms with van der Waals surface area (Å²) in [6.07, 6.45) is 1.66. The van der Waals surface area contributed by atoms with Crippen molar-refractivity contribution < 1.29 is 4.79 Å². The fraction of sp³-hybridized carbons (Fsp3) is 0.417. The summed E-state index contributed by atoms with van der Waals surface area (Å²) in [7, 11) is 0. The standard InChI is InChI=1S/C12H16N4OS/c1-7(17)15-10-4-9(13)8(5-14-10)11-16-12(2,3)6-18-11/h4-5H,6H2,1-3H3,(H3,13,14,15,17). The Morgan fingerprint density at radius 2 is 2.28 bits per heavy atom. The monoisotopic (exact) mass is 264 g/mol. The lowest BCUT2D eigenvalue weighted by Gasteiger charge is -2.10. The Bertz CT molecular complexity index is 525. The number of aromatic nitrogens is 1. The molecule has 96 valence electrons. The zero-order valence-corrected chi connectivity index (χ0v) is 11.5. The lowest BCUT2D eigenvalue weighted by atomic mass is 10.1. The summed E-state index contributed by atoms with van der Waals surface area (Å²) in [5, 5.41) is 3.52. The second kappa shape index (κ2) is 4.61. The number of nitrogens with one attached hydrogen (secondary N) is 1. The summed E-state index contributed by atoms with van der Waals surface area (Å²) in [6.45, 7) is 5.61. The molecule has 0 radical (unpaired) electrons. The summed E-state index contributed by atoms with van der Waals surface area (Å²) in [6, 6.07) is 1.66. The van der Waals surface area contributed by atoms with Gasteiger partial charge in [0.1, 0.15) is 10.9 Å². The molecule has 0 unspecified atom stereocenters. The number of anilines is 2. The highest BCUT2D eigenvalue weighted by Gasteiger charge is 2.27. The van der Waals surface area contributed by atoms with Crippen LogP contribution in [-0.4, -0.2) is 27.2 Å². The van der Waals surface area contributed by atoms with Crippen LogP contribution in [0.3, 0.4) is 0 Å². The minimum Gasteiger partial charge on any atom is -0.398 e. The highest BCUT2D eigenvalue weighted by atomic mass is 32.2. The number of nitrogens with two attached hydrogens (primary N) is 1. The van der Waals surface area contributed by atoms with E-state index in [0.29, 0.717) is 11.5 Å². The first kappa shape index (κ1) is 12.9. The average molecular weight is 264 g/mol. The number of pyridine rings is 1. The van der Waals surface area contributed by atoms with E-state index in [4.69, 9.17) is 5.73 Å². The van der Waals surface area contributed by atoms with Crippen molar-refractivity contribution in [2.75, 3.05) is 16.8 Å². The molecule has 6 heteroatoms. The predicted octanol–water partition coefficient (Wildman–Crippen LogP) is 1.89. The van der Waals surface area contributed by atoms with Crippen molar-refractivity contribution in [1.29, 1.82) is 0 Å². The molecule has 5 nitrogen and oxygen atoms in total. The van der Waals surface area contributed by atoms with Gasteiger partial charge in [-0.1, -0.05) is 0 Å². The zero-order chi connectivity index (χ0) is 13.3. The van der Waals surface area contributed by atoms with Crippen molar-refractivity contribution >= 4 is 34.2 Å². The van der Waals surface area contributed by atoms with E-state index in [1.807, 2.05) is 0 Å². The molecule has 0 aromatic carbocycles. The highest BCUT2D eigenvalue weighted by Crippen LogP contribution is 2.32. The van der Waals surface area contributed by atoms with E-state index in [9.17, 15) is 4.79 Å². The van der Waals surface area contributed by atoms with Gasteiger partial charge in [-0.2, -0.15) is 0 Å². The molecule has 0 saturated heterocycles. The number of nitrogen functional groups attached to an aromatic ring is 1. The molecule has 0 saturated carbocycles. The van der Waals surface area contributed by atoms with Gasteiger partial charge in [0.2, 0.25) is 5.91 Å². The Balaban J connectivity index is 2.28. The molecule has 1 aliphatic rings. The number of aliphatic imine (C=N–C) groups is 1. The molecule has 18 heavy (non-hydrogen) atoms. The van der Waals surface area contributed by atoms with Crippen LogP contribution < -0.4 is 11.1 Å². The number of hydrogen-bond acceptors (Lipinski definition) is 5. The summed E-state index contributed by atoms with van der Waals surface area (Å²) in [5.41, 5.74) is 7.34. The second-order valence-electron chi connectivity index (χ2n) is 4.86. The zero-order valence-electron chi connectivity index (χ0n) is 10.7. The molecule has 1 aliphatic heterocycles. The summed E-state index contributed by atoms with van der Waals surface area (Å²) in [4.78, 5) is 19.7. The van der Waals surface area contributed by atoms with Gasteiger partial charge in [-0.15, -0.1) is 11.8 Å². The van der Waals surface area contributed by atoms with Gasteiger partial charge in [0.25, 0.3) is 0 Å². The maximum atomic E-state index is 10.9. The molecule has 0 aliphatic carbocycles. The minimum absolute atomic E-state index is 0.0528. The third kappa shape index (κ3) is 2.81. The molecule has 0 atom stereocenters. The van der Waals surface area contributed by atoms with Crippen molar-refractivity contribution in [3.63, 3.8) is 0 Å². The largest absolute Gasteiger partial charge is 0.398 e. The average Bonchev–Trinajstić information content (AvgIpc) is 2.58. The third-order valence-electron chi connectivity index (χ3n) is 2.44. The van der Waals surface area contributed by atoms with Gasteiger partial charge in [-0.3, -0.25) is 9.79 Å². The van der Waals surface area contributed by atoms with Crippen molar-refractivity contribution in [3.05, 3.63) is 17.8 Å².